The Kier molecular flexibility index (Phi) is 7.38. The summed E-state index contributed by atoms with van der Waals surface area (Å²) in [5.74, 6) is 0.709. The molecule has 2 aromatic heterocycles. The number of aromatic nitrogens is 2. The summed E-state index contributed by atoms with van der Waals surface area (Å²) in [6.45, 7) is 6.85. The molecule has 31 heavy (non-hydrogen) atoms. The van der Waals surface area contributed by atoms with Gasteiger partial charge in [0.15, 0.2) is 0 Å². The lowest BCUT2D eigenvalue weighted by atomic mass is 9.99. The maximum Gasteiger partial charge on any atom is 0.319 e. The molecule has 2 amide bonds. The quantitative estimate of drug-likeness (QED) is 0.450. The number of nitrogens with one attached hydrogen (secondary N) is 2. The van der Waals surface area contributed by atoms with Gasteiger partial charge in [-0.1, -0.05) is 50.2 Å². The topological polar surface area (TPSA) is 75.5 Å². The van der Waals surface area contributed by atoms with E-state index in [-0.39, 0.29) is 11.6 Å². The molecule has 6 nitrogen and oxygen atoms in total. The molecule has 160 valence electrons. The summed E-state index contributed by atoms with van der Waals surface area (Å²) in [5, 5.41) is 5.79. The van der Waals surface area contributed by atoms with Gasteiger partial charge in [-0.3, -0.25) is 9.20 Å². The molecule has 0 saturated heterocycles. The molecule has 6 heteroatoms. The average Bonchev–Trinajstić information content (AvgIpc) is 2.80. The van der Waals surface area contributed by atoms with Gasteiger partial charge in [-0.05, 0) is 55.2 Å². The predicted octanol–water partition coefficient (Wildman–Crippen LogP) is 5.19. The van der Waals surface area contributed by atoms with Crippen LogP contribution < -0.4 is 16.2 Å². The number of fused-ring (bicyclic) bond motifs is 2. The zero-order valence-corrected chi connectivity index (χ0v) is 18.1. The lowest BCUT2D eigenvalue weighted by Crippen LogP contribution is -2.28. The van der Waals surface area contributed by atoms with Gasteiger partial charge in [-0.25, -0.2) is 9.78 Å². The molecule has 0 spiro atoms. The number of anilines is 1. The lowest BCUT2D eigenvalue weighted by Gasteiger charge is -2.07. The standard InChI is InChI=1S/C15H14N4O2.C10H14/c1-2-16-15(21)17-10-6-7-12-11(9-10)14(20)19-8-4-3-5-13(19)18-12;1-3-9(2)10-7-5-4-6-8-10/h3-9H,2H2,1H3,(H2,16,17,21);4-9H,3H2,1-2H3. The number of benzene rings is 2. The molecule has 0 bridgehead atoms. The predicted molar refractivity (Wildman–Crippen MR) is 127 cm³/mol. The third-order valence-electron chi connectivity index (χ3n) is 5.10. The Morgan fingerprint density at radius 1 is 1.03 bits per heavy atom. The average molecular weight is 417 g/mol. The van der Waals surface area contributed by atoms with E-state index in [1.54, 1.807) is 36.5 Å². The normalized spacial score (nSPS) is 11.5. The monoisotopic (exact) mass is 416 g/mol. The molecule has 0 aliphatic carbocycles. The number of urea groups is 1. The Morgan fingerprint density at radius 2 is 1.77 bits per heavy atom. The summed E-state index contributed by atoms with van der Waals surface area (Å²) in [7, 11) is 0. The molecule has 0 saturated carbocycles. The Morgan fingerprint density at radius 3 is 2.48 bits per heavy atom. The van der Waals surface area contributed by atoms with Crippen molar-refractivity contribution < 1.29 is 4.79 Å². The largest absolute Gasteiger partial charge is 0.338 e. The van der Waals surface area contributed by atoms with Crippen LogP contribution in [-0.4, -0.2) is 22.0 Å². The van der Waals surface area contributed by atoms with Crippen LogP contribution in [0.5, 0.6) is 0 Å². The summed E-state index contributed by atoms with van der Waals surface area (Å²) in [6.07, 6.45) is 2.90. The first-order valence-electron chi connectivity index (χ1n) is 10.5. The molecule has 0 radical (unpaired) electrons. The number of rotatable bonds is 4. The van der Waals surface area contributed by atoms with Crippen LogP contribution in [0.1, 0.15) is 38.7 Å². The van der Waals surface area contributed by atoms with Gasteiger partial charge in [0.25, 0.3) is 5.56 Å². The zero-order valence-electron chi connectivity index (χ0n) is 18.1. The van der Waals surface area contributed by atoms with Crippen LogP contribution in [-0.2, 0) is 0 Å². The van der Waals surface area contributed by atoms with Crippen molar-refractivity contribution in [1.29, 1.82) is 0 Å². The molecule has 0 aliphatic heterocycles. The first kappa shape index (κ1) is 22.0. The van der Waals surface area contributed by atoms with Gasteiger partial charge in [0.1, 0.15) is 5.65 Å². The van der Waals surface area contributed by atoms with E-state index < -0.39 is 0 Å². The fraction of sp³-hybridized carbons (Fsp3) is 0.240. The molecular formula is C25H28N4O2. The highest BCUT2D eigenvalue weighted by atomic mass is 16.2. The maximum atomic E-state index is 12.4. The van der Waals surface area contributed by atoms with E-state index in [0.29, 0.717) is 34.7 Å². The fourth-order valence-electron chi connectivity index (χ4n) is 3.19. The SMILES string of the molecule is CCC(C)c1ccccc1.CCNC(=O)Nc1ccc2nc3ccccn3c(=O)c2c1. The summed E-state index contributed by atoms with van der Waals surface area (Å²) in [6, 6.07) is 20.8. The number of hydrogen-bond acceptors (Lipinski definition) is 3. The van der Waals surface area contributed by atoms with Gasteiger partial charge in [-0.2, -0.15) is 0 Å². The summed E-state index contributed by atoms with van der Waals surface area (Å²) < 4.78 is 1.48. The molecule has 1 unspecified atom stereocenters. The molecular weight excluding hydrogens is 388 g/mol. The van der Waals surface area contributed by atoms with E-state index in [0.717, 1.165) is 0 Å². The number of nitrogens with zero attached hydrogens (tertiary/aromatic N) is 2. The first-order valence-corrected chi connectivity index (χ1v) is 10.5. The third-order valence-corrected chi connectivity index (χ3v) is 5.10. The lowest BCUT2D eigenvalue weighted by molar-refractivity contribution is 0.252. The van der Waals surface area contributed by atoms with E-state index in [4.69, 9.17) is 0 Å². The third kappa shape index (κ3) is 5.48. The van der Waals surface area contributed by atoms with Crippen LogP contribution in [0.15, 0.2) is 77.7 Å². The van der Waals surface area contributed by atoms with Crippen LogP contribution >= 0.6 is 0 Å². The first-order chi connectivity index (χ1) is 15.0. The molecule has 1 atom stereocenters. The van der Waals surface area contributed by atoms with Crippen LogP contribution in [0.4, 0.5) is 10.5 Å². The Hall–Kier alpha value is -3.67. The second-order valence-electron chi connectivity index (χ2n) is 7.28. The Labute approximate surface area is 182 Å². The van der Waals surface area contributed by atoms with Crippen molar-refractivity contribution in [3.8, 4) is 0 Å². The van der Waals surface area contributed by atoms with Crippen molar-refractivity contribution >= 4 is 28.3 Å². The number of amides is 2. The van der Waals surface area contributed by atoms with Crippen LogP contribution in [0.2, 0.25) is 0 Å². The van der Waals surface area contributed by atoms with E-state index in [2.05, 4.69) is 59.8 Å². The molecule has 0 aliphatic rings. The fourth-order valence-corrected chi connectivity index (χ4v) is 3.19. The number of hydrogen-bond donors (Lipinski definition) is 2. The number of pyridine rings is 1. The van der Waals surface area contributed by atoms with Crippen molar-refractivity contribution in [2.45, 2.75) is 33.1 Å². The number of carbonyl (C=O) groups excluding carboxylic acids is 1. The van der Waals surface area contributed by atoms with Gasteiger partial charge in [0, 0.05) is 18.4 Å². The van der Waals surface area contributed by atoms with Gasteiger partial charge < -0.3 is 10.6 Å². The van der Waals surface area contributed by atoms with Crippen LogP contribution in [0.3, 0.4) is 0 Å². The summed E-state index contributed by atoms with van der Waals surface area (Å²) >= 11 is 0. The van der Waals surface area contributed by atoms with Gasteiger partial charge >= 0.3 is 6.03 Å². The zero-order chi connectivity index (χ0) is 22.2. The highest BCUT2D eigenvalue weighted by Crippen LogP contribution is 2.17. The number of carbonyl (C=O) groups is 1. The summed E-state index contributed by atoms with van der Waals surface area (Å²) in [4.78, 5) is 28.4. The summed E-state index contributed by atoms with van der Waals surface area (Å²) in [5.41, 5.74) is 3.05. The van der Waals surface area contributed by atoms with E-state index in [1.165, 1.54) is 16.4 Å². The molecule has 0 fully saturated rings. The molecule has 2 aromatic carbocycles. The van der Waals surface area contributed by atoms with Crippen LogP contribution in [0.25, 0.3) is 16.6 Å². The van der Waals surface area contributed by atoms with Gasteiger partial charge in [0.2, 0.25) is 0 Å². The second kappa shape index (κ2) is 10.4. The van der Waals surface area contributed by atoms with Crippen LogP contribution in [0, 0.1) is 0 Å². The molecule has 4 rings (SSSR count). The van der Waals surface area contributed by atoms with Crippen molar-refractivity contribution in [2.75, 3.05) is 11.9 Å². The van der Waals surface area contributed by atoms with Gasteiger partial charge in [0.05, 0.1) is 10.9 Å². The highest BCUT2D eigenvalue weighted by Gasteiger charge is 2.07. The minimum Gasteiger partial charge on any atom is -0.338 e. The van der Waals surface area contributed by atoms with Crippen molar-refractivity contribution in [3.63, 3.8) is 0 Å². The maximum absolute atomic E-state index is 12.4. The van der Waals surface area contributed by atoms with Gasteiger partial charge in [-0.15, -0.1) is 0 Å². The van der Waals surface area contributed by atoms with Crippen molar-refractivity contribution in [3.05, 3.63) is 88.8 Å². The minimum absolute atomic E-state index is 0.157. The molecule has 4 aromatic rings. The molecule has 2 N–H and O–H groups in total. The van der Waals surface area contributed by atoms with Crippen molar-refractivity contribution in [2.24, 2.45) is 0 Å². The smallest absolute Gasteiger partial charge is 0.319 e. The van der Waals surface area contributed by atoms with E-state index >= 15 is 0 Å². The highest BCUT2D eigenvalue weighted by molar-refractivity contribution is 5.92. The Balaban J connectivity index is 0.000000229. The minimum atomic E-state index is -0.300. The molecule has 2 heterocycles. The van der Waals surface area contributed by atoms with E-state index in [9.17, 15) is 9.59 Å². The van der Waals surface area contributed by atoms with E-state index in [1.807, 2.05) is 13.0 Å². The second-order valence-corrected chi connectivity index (χ2v) is 7.28. The van der Waals surface area contributed by atoms with Crippen molar-refractivity contribution in [1.82, 2.24) is 14.7 Å². The Bertz CT molecular complexity index is 1220.